The summed E-state index contributed by atoms with van der Waals surface area (Å²) >= 11 is 0. The molecule has 3 unspecified atom stereocenters. The second-order valence-corrected chi connectivity index (χ2v) is 7.81. The molecular weight excluding hydrogens is 374 g/mol. The average molecular weight is 405 g/mol. The zero-order chi connectivity index (χ0) is 21.1. The Hall–Kier alpha value is -2.28. The van der Waals surface area contributed by atoms with Gasteiger partial charge in [-0.2, -0.15) is 0 Å². The monoisotopic (exact) mass is 405 g/mol. The van der Waals surface area contributed by atoms with Crippen molar-refractivity contribution in [2.75, 3.05) is 28.4 Å². The van der Waals surface area contributed by atoms with Crippen molar-refractivity contribution in [2.24, 2.45) is 5.92 Å². The van der Waals surface area contributed by atoms with Crippen LogP contribution in [-0.4, -0.2) is 52.3 Å². The second kappa shape index (κ2) is 9.03. The predicted molar refractivity (Wildman–Crippen MR) is 108 cm³/mol. The summed E-state index contributed by atoms with van der Waals surface area (Å²) in [7, 11) is 6.41. The molecule has 0 saturated heterocycles. The van der Waals surface area contributed by atoms with Gasteiger partial charge in [-0.25, -0.2) is 0 Å². The van der Waals surface area contributed by atoms with E-state index >= 15 is 0 Å². The summed E-state index contributed by atoms with van der Waals surface area (Å²) in [6, 6.07) is 1.91. The van der Waals surface area contributed by atoms with Gasteiger partial charge in [0.1, 0.15) is 6.10 Å². The lowest BCUT2D eigenvalue weighted by molar-refractivity contribution is -0.130. The third-order valence-electron chi connectivity index (χ3n) is 6.29. The molecule has 4 atom stereocenters. The van der Waals surface area contributed by atoms with E-state index < -0.39 is 6.10 Å². The van der Waals surface area contributed by atoms with E-state index in [4.69, 9.17) is 18.9 Å². The summed E-state index contributed by atoms with van der Waals surface area (Å²) in [6.07, 6.45) is 2.87. The Labute approximate surface area is 172 Å². The molecule has 3 rings (SSSR count). The molecule has 0 radical (unpaired) electrons. The molecule has 0 spiro atoms. The molecule has 2 aliphatic carbocycles. The van der Waals surface area contributed by atoms with Crippen LogP contribution < -0.4 is 19.5 Å². The summed E-state index contributed by atoms with van der Waals surface area (Å²) in [5.41, 5.74) is 2.18. The van der Waals surface area contributed by atoms with Gasteiger partial charge in [0, 0.05) is 32.1 Å². The minimum Gasteiger partial charge on any atom is -0.493 e. The molecule has 7 heteroatoms. The minimum atomic E-state index is -0.408. The van der Waals surface area contributed by atoms with Crippen LogP contribution in [0.3, 0.4) is 0 Å². The molecule has 1 N–H and O–H groups in total. The van der Waals surface area contributed by atoms with Gasteiger partial charge in [-0.15, -0.1) is 0 Å². The first-order valence-electron chi connectivity index (χ1n) is 10.1. The van der Waals surface area contributed by atoms with Gasteiger partial charge in [0.05, 0.1) is 21.3 Å². The highest BCUT2D eigenvalue weighted by Gasteiger charge is 2.42. The van der Waals surface area contributed by atoms with Crippen LogP contribution in [0.4, 0.5) is 0 Å². The maximum Gasteiger partial charge on any atom is 0.217 e. The molecule has 7 nitrogen and oxygen atoms in total. The van der Waals surface area contributed by atoms with Crippen LogP contribution in [0.15, 0.2) is 6.07 Å². The highest BCUT2D eigenvalue weighted by molar-refractivity contribution is 5.84. The Morgan fingerprint density at radius 1 is 1.03 bits per heavy atom. The van der Waals surface area contributed by atoms with Gasteiger partial charge in [0.2, 0.25) is 11.7 Å². The number of aryl methyl sites for hydroxylation is 1. The Kier molecular flexibility index (Phi) is 6.67. The number of ether oxygens (including phenoxy) is 4. The fraction of sp³-hybridized carbons (Fsp3) is 0.636. The van der Waals surface area contributed by atoms with E-state index in [9.17, 15) is 9.59 Å². The lowest BCUT2D eigenvalue weighted by Gasteiger charge is -2.32. The van der Waals surface area contributed by atoms with E-state index in [1.807, 2.05) is 6.07 Å². The average Bonchev–Trinajstić information content (AvgIpc) is 2.95. The minimum absolute atomic E-state index is 0.0280. The number of methoxy groups -OCH3 is 4. The fourth-order valence-corrected chi connectivity index (χ4v) is 5.05. The number of fused-ring (bicyclic) bond motifs is 3. The number of ketones is 1. The molecular formula is C22H31NO6. The summed E-state index contributed by atoms with van der Waals surface area (Å²) in [6.45, 7) is 1.52. The molecule has 0 aromatic heterocycles. The molecule has 1 saturated carbocycles. The normalized spacial score (nSPS) is 26.4. The van der Waals surface area contributed by atoms with Crippen molar-refractivity contribution in [2.45, 2.75) is 57.1 Å². The number of nitrogens with one attached hydrogen (secondary N) is 1. The molecule has 1 aromatic rings. The van der Waals surface area contributed by atoms with Crippen LogP contribution in [0.5, 0.6) is 17.2 Å². The molecule has 1 aromatic carbocycles. The third-order valence-corrected chi connectivity index (χ3v) is 6.29. The topological polar surface area (TPSA) is 83.1 Å². The molecule has 1 amide bonds. The Morgan fingerprint density at radius 2 is 1.76 bits per heavy atom. The number of amides is 1. The maximum absolute atomic E-state index is 12.8. The largest absolute Gasteiger partial charge is 0.493 e. The highest BCUT2D eigenvalue weighted by Crippen LogP contribution is 2.52. The van der Waals surface area contributed by atoms with Gasteiger partial charge in [0.25, 0.3) is 0 Å². The molecule has 29 heavy (non-hydrogen) atoms. The highest BCUT2D eigenvalue weighted by atomic mass is 16.5. The molecule has 0 bridgehead atoms. The van der Waals surface area contributed by atoms with Crippen molar-refractivity contribution in [3.05, 3.63) is 17.2 Å². The van der Waals surface area contributed by atoms with Gasteiger partial charge in [-0.3, -0.25) is 9.59 Å². The number of benzene rings is 1. The van der Waals surface area contributed by atoms with Crippen molar-refractivity contribution < 1.29 is 28.5 Å². The van der Waals surface area contributed by atoms with Gasteiger partial charge in [0.15, 0.2) is 17.3 Å². The van der Waals surface area contributed by atoms with E-state index in [0.29, 0.717) is 30.1 Å². The first kappa shape index (κ1) is 21.4. The molecule has 2 aliphatic rings. The smallest absolute Gasteiger partial charge is 0.217 e. The zero-order valence-corrected chi connectivity index (χ0v) is 17.9. The lowest BCUT2D eigenvalue weighted by Crippen LogP contribution is -2.41. The van der Waals surface area contributed by atoms with Crippen LogP contribution >= 0.6 is 0 Å². The molecule has 1 fully saturated rings. The van der Waals surface area contributed by atoms with Crippen LogP contribution in [0.1, 0.15) is 49.7 Å². The summed E-state index contributed by atoms with van der Waals surface area (Å²) in [5, 5.41) is 3.10. The van der Waals surface area contributed by atoms with Gasteiger partial charge >= 0.3 is 0 Å². The van der Waals surface area contributed by atoms with Gasteiger partial charge in [-0.05, 0) is 49.1 Å². The van der Waals surface area contributed by atoms with Crippen LogP contribution in [0.25, 0.3) is 0 Å². The maximum atomic E-state index is 12.8. The van der Waals surface area contributed by atoms with Crippen molar-refractivity contribution in [1.29, 1.82) is 0 Å². The number of hydrogen-bond donors (Lipinski definition) is 1. The number of Topliss-reactive ketones (excluding diaryl/α,β-unsaturated/α-hetero) is 1. The lowest BCUT2D eigenvalue weighted by atomic mass is 9.78. The predicted octanol–water partition coefficient (Wildman–Crippen LogP) is 2.63. The Morgan fingerprint density at radius 3 is 2.34 bits per heavy atom. The number of carbonyl (C=O) groups excluding carboxylic acids is 2. The van der Waals surface area contributed by atoms with E-state index in [-0.39, 0.29) is 29.6 Å². The van der Waals surface area contributed by atoms with Crippen LogP contribution in [0.2, 0.25) is 0 Å². The Bertz CT molecular complexity index is 777. The first-order chi connectivity index (χ1) is 13.9. The number of hydrogen-bond acceptors (Lipinski definition) is 6. The van der Waals surface area contributed by atoms with Crippen LogP contribution in [0, 0.1) is 5.92 Å². The molecule has 0 heterocycles. The van der Waals surface area contributed by atoms with Gasteiger partial charge in [-0.1, -0.05) is 0 Å². The standard InChI is InChI=1S/C22H31NO6/c1-12(24)23-16-8-6-13-10-19(27-3)21(28-4)22(29-5)20(13)14-7-9-18(26-2)17(25)11-15(14)16/h10,14-16,18H,6-9,11H2,1-5H3,(H,23,24)/t14?,15?,16-,18?/m0/s1. The van der Waals surface area contributed by atoms with Crippen molar-refractivity contribution >= 4 is 11.7 Å². The molecule has 160 valence electrons. The molecule has 0 aliphatic heterocycles. The number of carbonyl (C=O) groups is 2. The fourth-order valence-electron chi connectivity index (χ4n) is 5.05. The first-order valence-corrected chi connectivity index (χ1v) is 10.1. The summed E-state index contributed by atoms with van der Waals surface area (Å²) in [4.78, 5) is 24.7. The third kappa shape index (κ3) is 4.06. The Balaban J connectivity index is 2.17. The summed E-state index contributed by atoms with van der Waals surface area (Å²) < 4.78 is 22.4. The second-order valence-electron chi connectivity index (χ2n) is 7.81. The number of rotatable bonds is 5. The summed E-state index contributed by atoms with van der Waals surface area (Å²) in [5.74, 6) is 1.87. The van der Waals surface area contributed by atoms with E-state index in [1.54, 1.807) is 28.4 Å². The van der Waals surface area contributed by atoms with Crippen molar-refractivity contribution in [3.63, 3.8) is 0 Å². The zero-order valence-electron chi connectivity index (χ0n) is 17.9. The van der Waals surface area contributed by atoms with E-state index in [1.165, 1.54) is 6.92 Å². The van der Waals surface area contributed by atoms with Crippen molar-refractivity contribution in [1.82, 2.24) is 5.32 Å². The van der Waals surface area contributed by atoms with Crippen LogP contribution in [-0.2, 0) is 20.7 Å². The van der Waals surface area contributed by atoms with E-state index in [0.717, 1.165) is 30.4 Å². The quantitative estimate of drug-likeness (QED) is 0.811. The van der Waals surface area contributed by atoms with E-state index in [2.05, 4.69) is 5.32 Å². The van der Waals surface area contributed by atoms with Gasteiger partial charge < -0.3 is 24.3 Å². The van der Waals surface area contributed by atoms with Crippen molar-refractivity contribution in [3.8, 4) is 17.2 Å². The SMILES string of the molecule is COc1cc2c(c(OC)c1OC)C1CCC(OC)C(=O)CC1[C@@H](NC(C)=O)CC2.